The normalized spacial score (nSPS) is 19.0. The van der Waals surface area contributed by atoms with Crippen LogP contribution in [-0.2, 0) is 10.4 Å². The first-order chi connectivity index (χ1) is 8.53. The van der Waals surface area contributed by atoms with Crippen LogP contribution in [0.4, 0.5) is 8.78 Å². The van der Waals surface area contributed by atoms with Gasteiger partial charge in [-0.3, -0.25) is 4.79 Å². The quantitative estimate of drug-likeness (QED) is 0.874. The first-order valence-corrected chi connectivity index (χ1v) is 5.88. The Kier molecular flexibility index (Phi) is 3.61. The number of aliphatic hydroxyl groups is 1. The van der Waals surface area contributed by atoms with Crippen molar-refractivity contribution in [2.75, 3.05) is 13.1 Å². The van der Waals surface area contributed by atoms with Gasteiger partial charge in [0, 0.05) is 13.1 Å². The average molecular weight is 255 g/mol. The lowest BCUT2D eigenvalue weighted by Gasteiger charge is -2.38. The third kappa shape index (κ3) is 2.51. The zero-order valence-corrected chi connectivity index (χ0v) is 9.85. The maximum atomic E-state index is 12.3. The van der Waals surface area contributed by atoms with Crippen LogP contribution in [0.3, 0.4) is 0 Å². The molecule has 1 saturated heterocycles. The highest BCUT2D eigenvalue weighted by molar-refractivity contribution is 5.79. The van der Waals surface area contributed by atoms with E-state index in [9.17, 15) is 18.7 Å². The Morgan fingerprint density at radius 2 is 1.78 bits per heavy atom. The van der Waals surface area contributed by atoms with Crippen molar-refractivity contribution in [2.45, 2.75) is 24.9 Å². The summed E-state index contributed by atoms with van der Waals surface area (Å²) in [6, 6.07) is 9.12. The van der Waals surface area contributed by atoms with Gasteiger partial charge in [0.2, 0.25) is 0 Å². The molecule has 0 spiro atoms. The number of benzene rings is 1. The van der Waals surface area contributed by atoms with Crippen molar-refractivity contribution < 1.29 is 18.7 Å². The topological polar surface area (TPSA) is 40.5 Å². The van der Waals surface area contributed by atoms with E-state index in [0.29, 0.717) is 0 Å². The van der Waals surface area contributed by atoms with Crippen molar-refractivity contribution in [1.82, 2.24) is 4.90 Å². The molecular weight excluding hydrogens is 240 g/mol. The number of alkyl halides is 2. The van der Waals surface area contributed by atoms with Gasteiger partial charge in [-0.1, -0.05) is 30.3 Å². The van der Waals surface area contributed by atoms with Crippen LogP contribution >= 0.6 is 0 Å². The smallest absolute Gasteiger partial charge is 0.315 e. The van der Waals surface area contributed by atoms with Crippen molar-refractivity contribution in [3.8, 4) is 0 Å². The maximum Gasteiger partial charge on any atom is 0.315 e. The first kappa shape index (κ1) is 13.0. The number of rotatable bonds is 2. The molecule has 2 rings (SSSR count). The molecule has 1 heterocycles. The van der Waals surface area contributed by atoms with Crippen LogP contribution in [-0.4, -0.2) is 35.4 Å². The van der Waals surface area contributed by atoms with Gasteiger partial charge < -0.3 is 10.0 Å². The van der Waals surface area contributed by atoms with E-state index in [1.807, 2.05) is 30.3 Å². The van der Waals surface area contributed by atoms with E-state index >= 15 is 0 Å². The van der Waals surface area contributed by atoms with Crippen molar-refractivity contribution >= 4 is 5.91 Å². The lowest BCUT2D eigenvalue weighted by Crippen LogP contribution is -2.47. The molecule has 0 unspecified atom stereocenters. The van der Waals surface area contributed by atoms with Gasteiger partial charge in [-0.2, -0.15) is 8.78 Å². The Balaban J connectivity index is 2.04. The minimum absolute atomic E-state index is 0.161. The lowest BCUT2D eigenvalue weighted by atomic mass is 9.84. The Bertz CT molecular complexity index is 414. The van der Waals surface area contributed by atoms with E-state index in [1.165, 1.54) is 0 Å². The summed E-state index contributed by atoms with van der Waals surface area (Å²) in [5.41, 5.74) is -0.241. The number of carbonyl (C=O) groups excluding carboxylic acids is 1. The number of hydrogen-bond donors (Lipinski definition) is 1. The Morgan fingerprint density at radius 3 is 2.28 bits per heavy atom. The summed E-state index contributed by atoms with van der Waals surface area (Å²) in [7, 11) is 0. The summed E-state index contributed by atoms with van der Waals surface area (Å²) < 4.78 is 24.5. The predicted octanol–water partition coefficient (Wildman–Crippen LogP) is 1.76. The van der Waals surface area contributed by atoms with E-state index < -0.39 is 17.9 Å². The van der Waals surface area contributed by atoms with Gasteiger partial charge in [0.25, 0.3) is 5.91 Å². The van der Waals surface area contributed by atoms with Crippen LogP contribution < -0.4 is 0 Å². The largest absolute Gasteiger partial charge is 0.385 e. The highest BCUT2D eigenvalue weighted by Crippen LogP contribution is 2.32. The molecule has 0 bridgehead atoms. The van der Waals surface area contributed by atoms with Gasteiger partial charge in [0.05, 0.1) is 5.60 Å². The second-order valence-electron chi connectivity index (χ2n) is 4.52. The summed E-state index contributed by atoms with van der Waals surface area (Å²) in [6.45, 7) is 0.323. The minimum atomic E-state index is -2.96. The molecule has 1 aliphatic heterocycles. The van der Waals surface area contributed by atoms with E-state index in [1.54, 1.807) is 0 Å². The zero-order valence-electron chi connectivity index (χ0n) is 9.85. The van der Waals surface area contributed by atoms with Crippen LogP contribution in [0.15, 0.2) is 30.3 Å². The molecular formula is C13H15F2NO2. The standard InChI is InChI=1S/C13H15F2NO2/c14-11(15)12(17)16-8-6-13(18,7-9-16)10-4-2-1-3-5-10/h1-5,11,18H,6-9H2. The van der Waals surface area contributed by atoms with E-state index in [4.69, 9.17) is 0 Å². The summed E-state index contributed by atoms with van der Waals surface area (Å²) in [5.74, 6) is -1.15. The number of amides is 1. The third-order valence-electron chi connectivity index (χ3n) is 3.40. The molecule has 0 saturated carbocycles. The first-order valence-electron chi connectivity index (χ1n) is 5.88. The number of likely N-dealkylation sites (tertiary alicyclic amines) is 1. The van der Waals surface area contributed by atoms with Gasteiger partial charge in [0.15, 0.2) is 0 Å². The van der Waals surface area contributed by atoms with Crippen molar-refractivity contribution in [3.63, 3.8) is 0 Å². The summed E-state index contributed by atoms with van der Waals surface area (Å²) in [4.78, 5) is 12.3. The summed E-state index contributed by atoms with van der Waals surface area (Å²) >= 11 is 0. The van der Waals surface area contributed by atoms with Gasteiger partial charge in [0.1, 0.15) is 0 Å². The molecule has 1 aromatic carbocycles. The van der Waals surface area contributed by atoms with E-state index in [-0.39, 0.29) is 25.9 Å². The van der Waals surface area contributed by atoms with Crippen molar-refractivity contribution in [3.05, 3.63) is 35.9 Å². The number of hydrogen-bond acceptors (Lipinski definition) is 2. The summed E-state index contributed by atoms with van der Waals surface area (Å²) in [5, 5.41) is 10.5. The second kappa shape index (κ2) is 5.02. The Hall–Kier alpha value is -1.49. The molecule has 1 aliphatic rings. The van der Waals surface area contributed by atoms with Crippen LogP contribution in [0, 0.1) is 0 Å². The zero-order chi connectivity index (χ0) is 13.2. The highest BCUT2D eigenvalue weighted by atomic mass is 19.3. The van der Waals surface area contributed by atoms with Gasteiger partial charge in [-0.15, -0.1) is 0 Å². The highest BCUT2D eigenvalue weighted by Gasteiger charge is 2.36. The van der Waals surface area contributed by atoms with Crippen molar-refractivity contribution in [1.29, 1.82) is 0 Å². The molecule has 1 fully saturated rings. The van der Waals surface area contributed by atoms with Crippen LogP contribution in [0.1, 0.15) is 18.4 Å². The number of nitrogens with zero attached hydrogens (tertiary/aromatic N) is 1. The maximum absolute atomic E-state index is 12.3. The van der Waals surface area contributed by atoms with Crippen molar-refractivity contribution in [2.24, 2.45) is 0 Å². The Labute approximate surface area is 104 Å². The Morgan fingerprint density at radius 1 is 1.22 bits per heavy atom. The number of piperidine rings is 1. The fourth-order valence-electron chi connectivity index (χ4n) is 2.27. The summed E-state index contributed by atoms with van der Waals surface area (Å²) in [6.07, 6.45) is -2.39. The molecule has 0 aromatic heterocycles. The number of halogens is 2. The predicted molar refractivity (Wildman–Crippen MR) is 62.2 cm³/mol. The SMILES string of the molecule is O=C(C(F)F)N1CCC(O)(c2ccccc2)CC1. The molecule has 0 aliphatic carbocycles. The second-order valence-corrected chi connectivity index (χ2v) is 4.52. The molecule has 98 valence electrons. The molecule has 5 heteroatoms. The lowest BCUT2D eigenvalue weighted by molar-refractivity contribution is -0.147. The van der Waals surface area contributed by atoms with E-state index in [2.05, 4.69) is 0 Å². The minimum Gasteiger partial charge on any atom is -0.385 e. The number of carbonyl (C=O) groups is 1. The van der Waals surface area contributed by atoms with Crippen LogP contribution in [0.5, 0.6) is 0 Å². The molecule has 18 heavy (non-hydrogen) atoms. The van der Waals surface area contributed by atoms with E-state index in [0.717, 1.165) is 10.5 Å². The molecule has 1 N–H and O–H groups in total. The average Bonchev–Trinajstić information content (AvgIpc) is 2.40. The fraction of sp³-hybridized carbons (Fsp3) is 0.462. The molecule has 3 nitrogen and oxygen atoms in total. The third-order valence-corrected chi connectivity index (χ3v) is 3.40. The van der Waals surface area contributed by atoms with Gasteiger partial charge in [-0.05, 0) is 18.4 Å². The molecule has 0 atom stereocenters. The van der Waals surface area contributed by atoms with Crippen LogP contribution in [0.25, 0.3) is 0 Å². The fourth-order valence-corrected chi connectivity index (χ4v) is 2.27. The van der Waals surface area contributed by atoms with Crippen LogP contribution in [0.2, 0.25) is 0 Å². The molecule has 1 aromatic rings. The monoisotopic (exact) mass is 255 g/mol. The van der Waals surface area contributed by atoms with Gasteiger partial charge >= 0.3 is 6.43 Å². The molecule has 1 amide bonds. The molecule has 0 radical (unpaired) electrons. The van der Waals surface area contributed by atoms with Gasteiger partial charge in [-0.25, -0.2) is 0 Å².